The Kier molecular flexibility index (Phi) is 3.98. The smallest absolute Gasteiger partial charge is 0.157 e. The van der Waals surface area contributed by atoms with Crippen LogP contribution in [0.3, 0.4) is 0 Å². The maximum absolute atomic E-state index is 5.14. The highest BCUT2D eigenvalue weighted by atomic mass is 32.2. The van der Waals surface area contributed by atoms with Crippen molar-refractivity contribution in [2.45, 2.75) is 16.9 Å². The Balaban J connectivity index is 2.11. The van der Waals surface area contributed by atoms with E-state index in [9.17, 15) is 0 Å². The first kappa shape index (κ1) is 11.6. The fraction of sp³-hybridized carbons (Fsp3) is 0.600. The van der Waals surface area contributed by atoms with Crippen LogP contribution in [0.15, 0.2) is 11.1 Å². The van der Waals surface area contributed by atoms with Crippen molar-refractivity contribution in [3.63, 3.8) is 0 Å². The maximum Gasteiger partial charge on any atom is 0.157 e. The second-order valence-electron chi connectivity index (χ2n) is 3.47. The largest absolute Gasteiger partial charge is 0.379 e. The summed E-state index contributed by atoms with van der Waals surface area (Å²) in [6, 6.07) is 1.95. The average Bonchev–Trinajstić information content (AvgIpc) is 2.24. The molecule has 5 nitrogen and oxygen atoms in total. The van der Waals surface area contributed by atoms with E-state index in [2.05, 4.69) is 15.3 Å². The summed E-state index contributed by atoms with van der Waals surface area (Å²) in [5.74, 6) is 1.53. The Bertz CT molecular complexity index is 358. The molecule has 2 rings (SSSR count). The number of aromatic nitrogens is 2. The number of methoxy groups -OCH3 is 1. The van der Waals surface area contributed by atoms with Gasteiger partial charge >= 0.3 is 0 Å². The normalized spacial score (nSPS) is 15.9. The van der Waals surface area contributed by atoms with Gasteiger partial charge in [-0.1, -0.05) is 11.8 Å². The third-order valence-electron chi connectivity index (χ3n) is 2.17. The van der Waals surface area contributed by atoms with Crippen molar-refractivity contribution < 1.29 is 9.47 Å². The molecule has 1 saturated heterocycles. The van der Waals surface area contributed by atoms with Crippen molar-refractivity contribution in [1.29, 1.82) is 0 Å². The topological polar surface area (TPSA) is 56.3 Å². The number of hydrogen-bond donors (Lipinski definition) is 1. The Labute approximate surface area is 99.0 Å². The fourth-order valence-electron chi connectivity index (χ4n) is 1.31. The number of rotatable bonds is 5. The number of ether oxygens (including phenoxy) is 2. The first-order chi connectivity index (χ1) is 7.81. The van der Waals surface area contributed by atoms with Crippen LogP contribution in [0, 0.1) is 0 Å². The monoisotopic (exact) mass is 241 g/mol. The molecule has 6 heteroatoms. The molecule has 1 aliphatic heterocycles. The van der Waals surface area contributed by atoms with Gasteiger partial charge in [-0.05, 0) is 0 Å². The van der Waals surface area contributed by atoms with Crippen LogP contribution < -0.4 is 5.32 Å². The fourth-order valence-corrected chi connectivity index (χ4v) is 2.32. The molecule has 0 aromatic carbocycles. The van der Waals surface area contributed by atoms with Crippen LogP contribution in [-0.4, -0.2) is 42.6 Å². The highest BCUT2D eigenvalue weighted by molar-refractivity contribution is 8.00. The molecule has 1 aromatic heterocycles. The zero-order chi connectivity index (χ0) is 11.4. The minimum absolute atomic E-state index is 0.435. The van der Waals surface area contributed by atoms with E-state index in [4.69, 9.17) is 9.47 Å². The highest BCUT2D eigenvalue weighted by Gasteiger charge is 2.20. The molecule has 1 N–H and O–H groups in total. The Morgan fingerprint density at radius 1 is 1.56 bits per heavy atom. The molecule has 16 heavy (non-hydrogen) atoms. The van der Waals surface area contributed by atoms with Gasteiger partial charge in [-0.25, -0.2) is 9.97 Å². The van der Waals surface area contributed by atoms with Crippen molar-refractivity contribution in [1.82, 2.24) is 9.97 Å². The number of nitrogens with one attached hydrogen (secondary N) is 1. The molecular formula is C10H15N3O2S. The van der Waals surface area contributed by atoms with Crippen molar-refractivity contribution >= 4 is 17.6 Å². The predicted octanol–water partition coefficient (Wildman–Crippen LogP) is 1.16. The van der Waals surface area contributed by atoms with E-state index in [0.29, 0.717) is 17.7 Å². The van der Waals surface area contributed by atoms with Gasteiger partial charge in [0.25, 0.3) is 0 Å². The summed E-state index contributed by atoms with van der Waals surface area (Å²) in [6.45, 7) is 2.05. The third kappa shape index (κ3) is 2.84. The Morgan fingerprint density at radius 3 is 2.94 bits per heavy atom. The number of anilines is 1. The minimum atomic E-state index is 0.435. The van der Waals surface area contributed by atoms with Gasteiger partial charge in [0.1, 0.15) is 17.5 Å². The molecule has 0 saturated carbocycles. The highest BCUT2D eigenvalue weighted by Crippen LogP contribution is 2.27. The summed E-state index contributed by atoms with van der Waals surface area (Å²) in [7, 11) is 3.49. The van der Waals surface area contributed by atoms with Gasteiger partial charge in [0.15, 0.2) is 5.82 Å². The van der Waals surface area contributed by atoms with Gasteiger partial charge in [0.2, 0.25) is 0 Å². The van der Waals surface area contributed by atoms with Crippen molar-refractivity contribution in [2.24, 2.45) is 0 Å². The molecule has 1 aromatic rings. The standard InChI is InChI=1S/C10H15N3O2S/c1-11-8-3-10(16-7-4-15-5-7)13-9(12-8)6-14-2/h3,7H,4-6H2,1-2H3,(H,11,12,13). The van der Waals surface area contributed by atoms with Crippen LogP contribution >= 0.6 is 11.8 Å². The average molecular weight is 241 g/mol. The SMILES string of the molecule is CNc1cc(SC2COC2)nc(COC)n1. The first-order valence-corrected chi connectivity index (χ1v) is 5.99. The van der Waals surface area contributed by atoms with Crippen LogP contribution in [0.2, 0.25) is 0 Å². The lowest BCUT2D eigenvalue weighted by molar-refractivity contribution is 0.0454. The van der Waals surface area contributed by atoms with Gasteiger partial charge in [0.05, 0.1) is 18.5 Å². The van der Waals surface area contributed by atoms with E-state index in [1.165, 1.54) is 0 Å². The van der Waals surface area contributed by atoms with E-state index < -0.39 is 0 Å². The van der Waals surface area contributed by atoms with Crippen LogP contribution in [0.1, 0.15) is 5.82 Å². The van der Waals surface area contributed by atoms with Gasteiger partial charge < -0.3 is 14.8 Å². The molecule has 1 fully saturated rings. The van der Waals surface area contributed by atoms with Crippen LogP contribution in [0.25, 0.3) is 0 Å². The van der Waals surface area contributed by atoms with Gasteiger partial charge in [-0.3, -0.25) is 0 Å². The zero-order valence-corrected chi connectivity index (χ0v) is 10.2. The molecule has 1 aliphatic rings. The van der Waals surface area contributed by atoms with E-state index in [1.54, 1.807) is 18.9 Å². The number of thioether (sulfide) groups is 1. The molecule has 0 unspecified atom stereocenters. The molecule has 88 valence electrons. The van der Waals surface area contributed by atoms with Crippen LogP contribution in [-0.2, 0) is 16.1 Å². The summed E-state index contributed by atoms with van der Waals surface area (Å²) in [5.41, 5.74) is 0. The summed E-state index contributed by atoms with van der Waals surface area (Å²) in [6.07, 6.45) is 0. The lowest BCUT2D eigenvalue weighted by Crippen LogP contribution is -2.30. The molecule has 0 spiro atoms. The second kappa shape index (κ2) is 5.47. The van der Waals surface area contributed by atoms with Crippen LogP contribution in [0.5, 0.6) is 0 Å². The molecule has 0 radical (unpaired) electrons. The van der Waals surface area contributed by atoms with E-state index in [0.717, 1.165) is 24.1 Å². The van der Waals surface area contributed by atoms with E-state index in [-0.39, 0.29) is 0 Å². The van der Waals surface area contributed by atoms with E-state index >= 15 is 0 Å². The van der Waals surface area contributed by atoms with Crippen molar-refractivity contribution in [3.8, 4) is 0 Å². The molecule has 0 amide bonds. The third-order valence-corrected chi connectivity index (χ3v) is 3.23. The van der Waals surface area contributed by atoms with Crippen molar-refractivity contribution in [2.75, 3.05) is 32.7 Å². The summed E-state index contributed by atoms with van der Waals surface area (Å²) >= 11 is 1.73. The quantitative estimate of drug-likeness (QED) is 0.781. The molecule has 0 aliphatic carbocycles. The first-order valence-electron chi connectivity index (χ1n) is 5.11. The number of hydrogen-bond acceptors (Lipinski definition) is 6. The number of nitrogens with zero attached hydrogens (tertiary/aromatic N) is 2. The summed E-state index contributed by atoms with van der Waals surface area (Å²) in [4.78, 5) is 8.73. The van der Waals surface area contributed by atoms with Crippen LogP contribution in [0.4, 0.5) is 5.82 Å². The molecular weight excluding hydrogens is 226 g/mol. The summed E-state index contributed by atoms with van der Waals surface area (Å²) in [5, 5.41) is 4.52. The molecule has 0 atom stereocenters. The van der Waals surface area contributed by atoms with Gasteiger partial charge in [-0.15, -0.1) is 0 Å². The van der Waals surface area contributed by atoms with E-state index in [1.807, 2.05) is 13.1 Å². The molecule has 0 bridgehead atoms. The Hall–Kier alpha value is -0.850. The maximum atomic E-state index is 5.14. The lowest BCUT2D eigenvalue weighted by atomic mass is 10.4. The van der Waals surface area contributed by atoms with Gasteiger partial charge in [0, 0.05) is 20.2 Å². The minimum Gasteiger partial charge on any atom is -0.379 e. The summed E-state index contributed by atoms with van der Waals surface area (Å²) < 4.78 is 10.2. The molecule has 2 heterocycles. The van der Waals surface area contributed by atoms with Gasteiger partial charge in [-0.2, -0.15) is 0 Å². The Morgan fingerprint density at radius 2 is 2.38 bits per heavy atom. The second-order valence-corrected chi connectivity index (χ2v) is 4.79. The predicted molar refractivity (Wildman–Crippen MR) is 62.8 cm³/mol. The zero-order valence-electron chi connectivity index (χ0n) is 9.40. The lowest BCUT2D eigenvalue weighted by Gasteiger charge is -2.24. The van der Waals surface area contributed by atoms with Crippen molar-refractivity contribution in [3.05, 3.63) is 11.9 Å².